The molecule has 2 aliphatic heterocycles. The van der Waals surface area contributed by atoms with E-state index in [0.29, 0.717) is 36.2 Å². The molecule has 1 N–H and O–H groups in total. The van der Waals surface area contributed by atoms with Crippen LogP contribution in [0.4, 0.5) is 10.5 Å². The first kappa shape index (κ1) is 16.4. The van der Waals surface area contributed by atoms with Crippen LogP contribution in [0.1, 0.15) is 24.5 Å². The van der Waals surface area contributed by atoms with Gasteiger partial charge in [0.25, 0.3) is 0 Å². The Labute approximate surface area is 158 Å². The van der Waals surface area contributed by atoms with Crippen molar-refractivity contribution in [2.24, 2.45) is 5.92 Å². The van der Waals surface area contributed by atoms with Crippen molar-refractivity contribution in [3.63, 3.8) is 0 Å². The summed E-state index contributed by atoms with van der Waals surface area (Å²) < 4.78 is 17.0. The highest BCUT2D eigenvalue weighted by atomic mass is 16.7. The third kappa shape index (κ3) is 3.45. The van der Waals surface area contributed by atoms with Crippen LogP contribution in [-0.4, -0.2) is 36.9 Å². The fourth-order valence-corrected chi connectivity index (χ4v) is 3.71. The molecule has 2 aromatic rings. The van der Waals surface area contributed by atoms with Gasteiger partial charge in [0.05, 0.1) is 12.6 Å². The number of nitrogens with zero attached hydrogens (tertiary/aromatic N) is 1. The molecule has 2 heterocycles. The molecule has 1 saturated carbocycles. The summed E-state index contributed by atoms with van der Waals surface area (Å²) >= 11 is 0. The molecule has 2 atom stereocenters. The summed E-state index contributed by atoms with van der Waals surface area (Å²) in [5.41, 5.74) is 1.82. The highest BCUT2D eigenvalue weighted by molar-refractivity contribution is 5.90. The molecular formula is C21H22N2O4. The van der Waals surface area contributed by atoms with Crippen LogP contribution in [0.2, 0.25) is 0 Å². The smallest absolute Gasteiger partial charge is 0.322 e. The van der Waals surface area contributed by atoms with Gasteiger partial charge in [-0.05, 0) is 36.5 Å². The lowest BCUT2D eigenvalue weighted by Crippen LogP contribution is -2.49. The van der Waals surface area contributed by atoms with E-state index >= 15 is 0 Å². The van der Waals surface area contributed by atoms with Gasteiger partial charge in [0.15, 0.2) is 11.5 Å². The minimum Gasteiger partial charge on any atom is -0.454 e. The van der Waals surface area contributed by atoms with Gasteiger partial charge in [-0.2, -0.15) is 0 Å². The van der Waals surface area contributed by atoms with E-state index < -0.39 is 0 Å². The van der Waals surface area contributed by atoms with E-state index in [-0.39, 0.29) is 25.0 Å². The number of carbonyl (C=O) groups is 1. The molecule has 0 spiro atoms. The minimum atomic E-state index is -0.108. The molecule has 2 fully saturated rings. The van der Waals surface area contributed by atoms with Gasteiger partial charge in [0.1, 0.15) is 6.10 Å². The van der Waals surface area contributed by atoms with Gasteiger partial charge in [-0.25, -0.2) is 4.79 Å². The summed E-state index contributed by atoms with van der Waals surface area (Å²) in [4.78, 5) is 14.8. The lowest BCUT2D eigenvalue weighted by Gasteiger charge is -2.38. The lowest BCUT2D eigenvalue weighted by molar-refractivity contribution is -0.0824. The molecule has 0 aromatic heterocycles. The number of urea groups is 1. The van der Waals surface area contributed by atoms with Crippen LogP contribution in [0.25, 0.3) is 0 Å². The first-order valence-electron chi connectivity index (χ1n) is 9.42. The van der Waals surface area contributed by atoms with Gasteiger partial charge in [-0.15, -0.1) is 0 Å². The maximum atomic E-state index is 12.9. The van der Waals surface area contributed by atoms with Crippen LogP contribution in [0, 0.1) is 5.92 Å². The molecule has 1 saturated heterocycles. The van der Waals surface area contributed by atoms with Crippen molar-refractivity contribution in [1.82, 2.24) is 4.90 Å². The van der Waals surface area contributed by atoms with Crippen LogP contribution >= 0.6 is 0 Å². The van der Waals surface area contributed by atoms with Crippen LogP contribution in [0.5, 0.6) is 11.5 Å². The van der Waals surface area contributed by atoms with Gasteiger partial charge in [0.2, 0.25) is 6.79 Å². The molecule has 1 aliphatic carbocycles. The molecule has 3 aliphatic rings. The normalized spacial score (nSPS) is 23.9. The summed E-state index contributed by atoms with van der Waals surface area (Å²) in [6, 6.07) is 15.5. The molecule has 6 nitrogen and oxygen atoms in total. The molecule has 0 radical (unpaired) electrons. The van der Waals surface area contributed by atoms with Crippen LogP contribution in [0.15, 0.2) is 48.5 Å². The van der Waals surface area contributed by atoms with Crippen LogP contribution in [-0.2, 0) is 4.74 Å². The maximum Gasteiger partial charge on any atom is 0.322 e. The predicted molar refractivity (Wildman–Crippen MR) is 99.9 cm³/mol. The molecule has 2 amide bonds. The third-order valence-corrected chi connectivity index (χ3v) is 5.36. The third-order valence-electron chi connectivity index (χ3n) is 5.36. The fourth-order valence-electron chi connectivity index (χ4n) is 3.71. The van der Waals surface area contributed by atoms with Crippen molar-refractivity contribution in [2.45, 2.75) is 25.0 Å². The van der Waals surface area contributed by atoms with Crippen molar-refractivity contribution in [1.29, 1.82) is 0 Å². The standard InChI is InChI=1S/C21H22N2O4/c24-21(22-16-8-9-17-18(10-16)26-13-25-17)23-11-19(14-4-2-1-3-5-14)27-20(12-23)15-6-7-15/h1-5,8-10,15,19-20H,6-7,11-13H2,(H,22,24)/t19-,20+/m0/s1. The van der Waals surface area contributed by atoms with E-state index in [2.05, 4.69) is 17.4 Å². The van der Waals surface area contributed by atoms with E-state index in [9.17, 15) is 4.79 Å². The average molecular weight is 366 g/mol. The second-order valence-electron chi connectivity index (χ2n) is 7.31. The Morgan fingerprint density at radius 1 is 1.00 bits per heavy atom. The summed E-state index contributed by atoms with van der Waals surface area (Å²) in [7, 11) is 0. The van der Waals surface area contributed by atoms with Crippen molar-refractivity contribution < 1.29 is 19.0 Å². The van der Waals surface area contributed by atoms with Crippen molar-refractivity contribution in [3.8, 4) is 11.5 Å². The number of ether oxygens (including phenoxy) is 3. The molecule has 2 aromatic carbocycles. The summed E-state index contributed by atoms with van der Waals surface area (Å²) in [5.74, 6) is 1.93. The minimum absolute atomic E-state index is 0.0898. The fraction of sp³-hybridized carbons (Fsp3) is 0.381. The largest absolute Gasteiger partial charge is 0.454 e. The summed E-state index contributed by atoms with van der Waals surface area (Å²) in [5, 5.41) is 2.99. The van der Waals surface area contributed by atoms with E-state index in [1.165, 1.54) is 12.8 Å². The van der Waals surface area contributed by atoms with E-state index in [1.807, 2.05) is 35.2 Å². The quantitative estimate of drug-likeness (QED) is 0.898. The average Bonchev–Trinajstić information content (AvgIpc) is 3.46. The Hall–Kier alpha value is -2.73. The number of carbonyl (C=O) groups excluding carboxylic acids is 1. The van der Waals surface area contributed by atoms with Crippen molar-refractivity contribution in [3.05, 3.63) is 54.1 Å². The zero-order valence-corrected chi connectivity index (χ0v) is 15.0. The Morgan fingerprint density at radius 2 is 1.81 bits per heavy atom. The Bertz CT molecular complexity index is 837. The number of hydrogen-bond acceptors (Lipinski definition) is 4. The van der Waals surface area contributed by atoms with Gasteiger partial charge in [-0.1, -0.05) is 30.3 Å². The first-order chi connectivity index (χ1) is 13.3. The number of morpholine rings is 1. The second-order valence-corrected chi connectivity index (χ2v) is 7.31. The Morgan fingerprint density at radius 3 is 2.63 bits per heavy atom. The van der Waals surface area contributed by atoms with Gasteiger partial charge in [0, 0.05) is 18.3 Å². The number of benzene rings is 2. The Balaban J connectivity index is 1.32. The number of hydrogen-bond donors (Lipinski definition) is 1. The Kier molecular flexibility index (Phi) is 4.13. The topological polar surface area (TPSA) is 60.0 Å². The van der Waals surface area contributed by atoms with Gasteiger partial charge in [-0.3, -0.25) is 0 Å². The van der Waals surface area contributed by atoms with E-state index in [1.54, 1.807) is 6.07 Å². The predicted octanol–water partition coefficient (Wildman–Crippen LogP) is 3.80. The van der Waals surface area contributed by atoms with E-state index in [0.717, 1.165) is 5.56 Å². The van der Waals surface area contributed by atoms with Crippen LogP contribution in [0.3, 0.4) is 0 Å². The number of fused-ring (bicyclic) bond motifs is 1. The summed E-state index contributed by atoms with van der Waals surface area (Å²) in [6.07, 6.45) is 2.38. The highest BCUT2D eigenvalue weighted by Crippen LogP contribution is 2.40. The number of amides is 2. The summed E-state index contributed by atoms with van der Waals surface area (Å²) in [6.45, 7) is 1.39. The molecule has 0 bridgehead atoms. The van der Waals surface area contributed by atoms with Crippen LogP contribution < -0.4 is 14.8 Å². The number of nitrogens with one attached hydrogen (secondary N) is 1. The number of rotatable bonds is 3. The van der Waals surface area contributed by atoms with Gasteiger partial charge >= 0.3 is 6.03 Å². The molecule has 27 heavy (non-hydrogen) atoms. The zero-order valence-electron chi connectivity index (χ0n) is 15.0. The molecule has 6 heteroatoms. The number of anilines is 1. The molecule has 140 valence electrons. The van der Waals surface area contributed by atoms with Crippen molar-refractivity contribution >= 4 is 11.7 Å². The zero-order chi connectivity index (χ0) is 18.2. The van der Waals surface area contributed by atoms with Crippen molar-refractivity contribution in [2.75, 3.05) is 25.2 Å². The molecule has 0 unspecified atom stereocenters. The highest BCUT2D eigenvalue weighted by Gasteiger charge is 2.40. The van der Waals surface area contributed by atoms with Gasteiger partial charge < -0.3 is 24.4 Å². The second kappa shape index (κ2) is 6.78. The molecular weight excluding hydrogens is 344 g/mol. The monoisotopic (exact) mass is 366 g/mol. The maximum absolute atomic E-state index is 12.9. The first-order valence-corrected chi connectivity index (χ1v) is 9.42. The SMILES string of the molecule is O=C(Nc1ccc2c(c1)OCO2)N1C[C@@H](c2ccccc2)O[C@@H](C2CC2)C1. The van der Waals surface area contributed by atoms with E-state index in [4.69, 9.17) is 14.2 Å². The lowest BCUT2D eigenvalue weighted by atomic mass is 10.1. The molecule has 5 rings (SSSR count).